The van der Waals surface area contributed by atoms with E-state index in [0.717, 1.165) is 55.7 Å². The molecule has 0 spiro atoms. The van der Waals surface area contributed by atoms with Crippen LogP contribution >= 0.6 is 11.8 Å². The molecule has 0 aromatic carbocycles. The summed E-state index contributed by atoms with van der Waals surface area (Å²) in [5, 5.41) is 3.77. The van der Waals surface area contributed by atoms with Crippen molar-refractivity contribution in [2.24, 2.45) is 5.92 Å². The van der Waals surface area contributed by atoms with E-state index in [-0.39, 0.29) is 17.4 Å². The van der Waals surface area contributed by atoms with Crippen LogP contribution in [-0.2, 0) is 22.5 Å². The number of aryl methyl sites for hydroxylation is 1. The van der Waals surface area contributed by atoms with Crippen LogP contribution in [0.5, 0.6) is 0 Å². The molecule has 0 aliphatic carbocycles. The Morgan fingerprint density at radius 2 is 2.15 bits per heavy atom. The third-order valence-corrected chi connectivity index (χ3v) is 6.17. The Balaban J connectivity index is 1.51. The topological polar surface area (TPSA) is 76.5 Å². The number of hydrogen-bond acceptors (Lipinski definition) is 6. The number of morpholine rings is 1. The lowest BCUT2D eigenvalue weighted by molar-refractivity contribution is -0.124. The summed E-state index contributed by atoms with van der Waals surface area (Å²) in [6.45, 7) is 9.47. The molecule has 2 aliphatic heterocycles. The average Bonchev–Trinajstić information content (AvgIpc) is 2.66. The van der Waals surface area contributed by atoms with Crippen molar-refractivity contribution in [1.29, 1.82) is 0 Å². The summed E-state index contributed by atoms with van der Waals surface area (Å²) in [5.74, 6) is 0.533. The second-order valence-corrected chi connectivity index (χ2v) is 7.82. The Labute approximate surface area is 158 Å². The molecule has 2 aliphatic rings. The van der Waals surface area contributed by atoms with Crippen molar-refractivity contribution < 1.29 is 9.53 Å². The average molecular weight is 381 g/mol. The van der Waals surface area contributed by atoms with Gasteiger partial charge in [0.1, 0.15) is 0 Å². The number of thioether (sulfide) groups is 1. The Morgan fingerprint density at radius 3 is 2.88 bits per heavy atom. The molecule has 0 radical (unpaired) electrons. The minimum atomic E-state index is -0.178. The van der Waals surface area contributed by atoms with Gasteiger partial charge in [-0.15, -0.1) is 0 Å². The minimum Gasteiger partial charge on any atom is -0.379 e. The fourth-order valence-electron chi connectivity index (χ4n) is 3.44. The lowest BCUT2D eigenvalue weighted by atomic mass is 10.1. The molecule has 26 heavy (non-hydrogen) atoms. The Bertz CT molecular complexity index is 700. The maximum absolute atomic E-state index is 12.6. The van der Waals surface area contributed by atoms with Crippen LogP contribution in [0.3, 0.4) is 0 Å². The number of hydrogen-bond donors (Lipinski definition) is 1. The lowest BCUT2D eigenvalue weighted by Crippen LogP contribution is -2.42. The molecule has 8 heteroatoms. The maximum atomic E-state index is 12.6. The number of carbonyl (C=O) groups excluding carboxylic acids is 1. The number of rotatable bonds is 6. The number of nitrogens with one attached hydrogen (secondary N) is 1. The van der Waals surface area contributed by atoms with Crippen LogP contribution in [0.1, 0.15) is 24.6 Å². The summed E-state index contributed by atoms with van der Waals surface area (Å²) >= 11 is 1.50. The van der Waals surface area contributed by atoms with Crippen molar-refractivity contribution in [2.45, 2.75) is 38.4 Å². The van der Waals surface area contributed by atoms with Gasteiger partial charge in [0.2, 0.25) is 5.91 Å². The number of nitrogens with zero attached hydrogens (tertiary/aromatic N) is 3. The van der Waals surface area contributed by atoms with Crippen LogP contribution in [0, 0.1) is 12.8 Å². The van der Waals surface area contributed by atoms with E-state index in [4.69, 9.17) is 4.74 Å². The van der Waals surface area contributed by atoms with E-state index in [2.05, 4.69) is 15.2 Å². The van der Waals surface area contributed by atoms with E-state index >= 15 is 0 Å². The quantitative estimate of drug-likeness (QED) is 0.578. The standard InChI is InChI=1S/C18H28N4O3S/c1-3-15-13(2)20-18-22(17(15)24)11-14(12-26-18)16(23)19-5-4-6-21-7-9-25-10-8-21/h14H,3-12H2,1-2H3,(H,19,23). The fourth-order valence-corrected chi connectivity index (χ4v) is 4.57. The van der Waals surface area contributed by atoms with Gasteiger partial charge >= 0.3 is 0 Å². The monoisotopic (exact) mass is 380 g/mol. The molecule has 1 aromatic rings. The molecule has 0 saturated carbocycles. The van der Waals surface area contributed by atoms with Crippen molar-refractivity contribution in [3.63, 3.8) is 0 Å². The molecule has 0 bridgehead atoms. The molecule has 1 aromatic heterocycles. The van der Waals surface area contributed by atoms with E-state index in [0.29, 0.717) is 25.3 Å². The molecular weight excluding hydrogens is 352 g/mol. The first kappa shape index (κ1) is 19.4. The summed E-state index contributed by atoms with van der Waals surface area (Å²) in [4.78, 5) is 32.0. The first-order valence-corrected chi connectivity index (χ1v) is 10.4. The van der Waals surface area contributed by atoms with E-state index in [1.807, 2.05) is 13.8 Å². The van der Waals surface area contributed by atoms with Crippen LogP contribution in [0.25, 0.3) is 0 Å². The van der Waals surface area contributed by atoms with Crippen molar-refractivity contribution in [3.05, 3.63) is 21.6 Å². The van der Waals surface area contributed by atoms with Crippen molar-refractivity contribution in [2.75, 3.05) is 45.1 Å². The van der Waals surface area contributed by atoms with Gasteiger partial charge in [-0.2, -0.15) is 0 Å². The normalized spacial score (nSPS) is 20.6. The van der Waals surface area contributed by atoms with Gasteiger partial charge in [0.15, 0.2) is 5.16 Å². The number of amides is 1. The summed E-state index contributed by atoms with van der Waals surface area (Å²) in [7, 11) is 0. The number of fused-ring (bicyclic) bond motifs is 1. The van der Waals surface area contributed by atoms with Crippen molar-refractivity contribution >= 4 is 17.7 Å². The minimum absolute atomic E-state index is 0.00678. The second kappa shape index (κ2) is 9.01. The summed E-state index contributed by atoms with van der Waals surface area (Å²) in [5.41, 5.74) is 1.57. The molecular formula is C18H28N4O3S. The molecule has 1 fully saturated rings. The highest BCUT2D eigenvalue weighted by molar-refractivity contribution is 7.99. The zero-order valence-electron chi connectivity index (χ0n) is 15.6. The largest absolute Gasteiger partial charge is 0.379 e. The summed E-state index contributed by atoms with van der Waals surface area (Å²) in [6.07, 6.45) is 1.60. The predicted molar refractivity (Wildman–Crippen MR) is 102 cm³/mol. The summed E-state index contributed by atoms with van der Waals surface area (Å²) in [6, 6.07) is 0. The Hall–Kier alpha value is -1.38. The van der Waals surface area contributed by atoms with Gasteiger partial charge in [-0.1, -0.05) is 18.7 Å². The smallest absolute Gasteiger partial charge is 0.257 e. The molecule has 3 rings (SSSR count). The van der Waals surface area contributed by atoms with Gasteiger partial charge in [-0.3, -0.25) is 19.1 Å². The Kier molecular flexibility index (Phi) is 6.72. The van der Waals surface area contributed by atoms with Crippen LogP contribution in [0.2, 0.25) is 0 Å². The van der Waals surface area contributed by atoms with E-state index in [9.17, 15) is 9.59 Å². The molecule has 3 heterocycles. The van der Waals surface area contributed by atoms with Crippen LogP contribution in [0.15, 0.2) is 9.95 Å². The van der Waals surface area contributed by atoms with E-state index < -0.39 is 0 Å². The zero-order valence-corrected chi connectivity index (χ0v) is 16.4. The van der Waals surface area contributed by atoms with Crippen molar-refractivity contribution in [1.82, 2.24) is 19.8 Å². The van der Waals surface area contributed by atoms with Crippen LogP contribution in [0.4, 0.5) is 0 Å². The van der Waals surface area contributed by atoms with Gasteiger partial charge in [0.25, 0.3) is 5.56 Å². The number of ether oxygens (including phenoxy) is 1. The van der Waals surface area contributed by atoms with Gasteiger partial charge in [-0.05, 0) is 26.3 Å². The van der Waals surface area contributed by atoms with E-state index in [1.54, 1.807) is 4.57 Å². The molecule has 1 saturated heterocycles. The number of carbonyl (C=O) groups is 1. The molecule has 7 nitrogen and oxygen atoms in total. The van der Waals surface area contributed by atoms with Gasteiger partial charge in [-0.25, -0.2) is 4.98 Å². The maximum Gasteiger partial charge on any atom is 0.257 e. The highest BCUT2D eigenvalue weighted by atomic mass is 32.2. The SMILES string of the molecule is CCc1c(C)nc2n(c1=O)CC(C(=O)NCCCN1CCOCC1)CS2. The Morgan fingerprint density at radius 1 is 1.38 bits per heavy atom. The van der Waals surface area contributed by atoms with Gasteiger partial charge < -0.3 is 10.1 Å². The molecule has 144 valence electrons. The molecule has 1 unspecified atom stereocenters. The third kappa shape index (κ3) is 4.47. The lowest BCUT2D eigenvalue weighted by Gasteiger charge is -2.27. The highest BCUT2D eigenvalue weighted by Gasteiger charge is 2.27. The van der Waals surface area contributed by atoms with Gasteiger partial charge in [0, 0.05) is 43.2 Å². The third-order valence-electron chi connectivity index (χ3n) is 5.03. The number of aromatic nitrogens is 2. The highest BCUT2D eigenvalue weighted by Crippen LogP contribution is 2.25. The van der Waals surface area contributed by atoms with E-state index in [1.165, 1.54) is 11.8 Å². The molecule has 1 N–H and O–H groups in total. The molecule has 1 amide bonds. The summed E-state index contributed by atoms with van der Waals surface area (Å²) < 4.78 is 7.02. The fraction of sp³-hybridized carbons (Fsp3) is 0.722. The van der Waals surface area contributed by atoms with Gasteiger partial charge in [0.05, 0.1) is 19.1 Å². The first-order chi connectivity index (χ1) is 12.6. The van der Waals surface area contributed by atoms with Crippen LogP contribution in [-0.4, -0.2) is 65.5 Å². The first-order valence-electron chi connectivity index (χ1n) is 9.41. The van der Waals surface area contributed by atoms with Crippen LogP contribution < -0.4 is 10.9 Å². The predicted octanol–water partition coefficient (Wildman–Crippen LogP) is 0.675. The second-order valence-electron chi connectivity index (χ2n) is 6.83. The zero-order chi connectivity index (χ0) is 18.5. The molecule has 1 atom stereocenters. The van der Waals surface area contributed by atoms with Crippen molar-refractivity contribution in [3.8, 4) is 0 Å².